The van der Waals surface area contributed by atoms with Crippen LogP contribution >= 0.6 is 0 Å². The maximum Gasteiger partial charge on any atom is 0.373 e. The Kier molecular flexibility index (Phi) is 6.75. The Bertz CT molecular complexity index is 609. The number of esters is 1. The van der Waals surface area contributed by atoms with E-state index in [9.17, 15) is 19.5 Å². The number of methoxy groups -OCH3 is 1. The van der Waals surface area contributed by atoms with Gasteiger partial charge in [0, 0.05) is 12.6 Å². The van der Waals surface area contributed by atoms with Crippen LogP contribution in [0.15, 0.2) is 36.1 Å². The normalized spacial score (nSPS) is 10.8. The van der Waals surface area contributed by atoms with Crippen molar-refractivity contribution in [2.24, 2.45) is 0 Å². The maximum absolute atomic E-state index is 11.9. The molecule has 2 N–H and O–H groups in total. The number of anilines is 1. The van der Waals surface area contributed by atoms with Gasteiger partial charge in [0.1, 0.15) is 0 Å². The highest BCUT2D eigenvalue weighted by Crippen LogP contribution is 2.12. The summed E-state index contributed by atoms with van der Waals surface area (Å²) in [6.07, 6.45) is 0.709. The summed E-state index contributed by atoms with van der Waals surface area (Å²) < 4.78 is 4.29. The van der Waals surface area contributed by atoms with Crippen molar-refractivity contribution in [1.29, 1.82) is 0 Å². The number of benzene rings is 1. The van der Waals surface area contributed by atoms with Gasteiger partial charge in [-0.05, 0) is 17.7 Å². The average Bonchev–Trinajstić information content (AvgIpc) is 2.52. The summed E-state index contributed by atoms with van der Waals surface area (Å²) in [6, 6.07) is 6.76. The Morgan fingerprint density at radius 1 is 1.22 bits per heavy atom. The van der Waals surface area contributed by atoms with E-state index in [1.807, 2.05) is 0 Å². The van der Waals surface area contributed by atoms with Gasteiger partial charge >= 0.3 is 5.97 Å². The summed E-state index contributed by atoms with van der Waals surface area (Å²) in [5.41, 5.74) is 1.35. The van der Waals surface area contributed by atoms with E-state index in [1.54, 1.807) is 24.3 Å². The van der Waals surface area contributed by atoms with E-state index in [-0.39, 0.29) is 12.5 Å². The first-order valence-corrected chi connectivity index (χ1v) is 6.58. The molecule has 0 aliphatic carbocycles. The van der Waals surface area contributed by atoms with Crippen LogP contribution in [0.4, 0.5) is 5.69 Å². The molecule has 1 aromatic carbocycles. The van der Waals surface area contributed by atoms with Gasteiger partial charge in [0.25, 0.3) is 5.91 Å². The van der Waals surface area contributed by atoms with Crippen molar-refractivity contribution in [3.63, 3.8) is 0 Å². The van der Waals surface area contributed by atoms with Gasteiger partial charge in [-0.25, -0.2) is 9.86 Å². The first-order chi connectivity index (χ1) is 10.9. The van der Waals surface area contributed by atoms with E-state index in [0.29, 0.717) is 11.8 Å². The van der Waals surface area contributed by atoms with Gasteiger partial charge in [0.15, 0.2) is 0 Å². The summed E-state index contributed by atoms with van der Waals surface area (Å²) in [5.74, 6) is -2.74. The number of amides is 2. The molecule has 2 amide bonds. The van der Waals surface area contributed by atoms with Gasteiger partial charge in [-0.1, -0.05) is 12.1 Å². The minimum Gasteiger partial charge on any atom is -0.502 e. The largest absolute Gasteiger partial charge is 0.502 e. The van der Waals surface area contributed by atoms with Crippen LogP contribution in [0.5, 0.6) is 0 Å². The third-order valence-corrected chi connectivity index (χ3v) is 2.72. The Hall–Kier alpha value is -2.87. The zero-order valence-electron chi connectivity index (χ0n) is 13.0. The van der Waals surface area contributed by atoms with E-state index in [4.69, 9.17) is 4.84 Å². The Morgan fingerprint density at radius 2 is 1.83 bits per heavy atom. The van der Waals surface area contributed by atoms with Gasteiger partial charge in [-0.2, -0.15) is 0 Å². The average molecular weight is 322 g/mol. The predicted molar refractivity (Wildman–Crippen MR) is 81.0 cm³/mol. The van der Waals surface area contributed by atoms with Crippen LogP contribution in [-0.4, -0.2) is 42.2 Å². The first kappa shape index (κ1) is 18.2. The summed E-state index contributed by atoms with van der Waals surface area (Å²) in [5, 5.41) is 12.9. The molecular weight excluding hydrogens is 304 g/mol. The third kappa shape index (κ3) is 5.79. The minimum atomic E-state index is -1.02. The molecule has 0 aromatic heterocycles. The van der Waals surface area contributed by atoms with Crippen LogP contribution in [0.2, 0.25) is 0 Å². The smallest absolute Gasteiger partial charge is 0.373 e. The van der Waals surface area contributed by atoms with Crippen LogP contribution in [0.3, 0.4) is 0 Å². The van der Waals surface area contributed by atoms with Gasteiger partial charge in [-0.3, -0.25) is 14.4 Å². The molecule has 0 heterocycles. The maximum atomic E-state index is 11.9. The molecule has 0 unspecified atom stereocenters. The van der Waals surface area contributed by atoms with Crippen molar-refractivity contribution in [2.75, 3.05) is 19.5 Å². The van der Waals surface area contributed by atoms with Crippen LogP contribution in [-0.2, 0) is 30.5 Å². The molecule has 8 heteroatoms. The number of carbonyl (C=O) groups is 3. The number of carbonyl (C=O) groups excluding carboxylic acids is 3. The first-order valence-electron chi connectivity index (χ1n) is 6.58. The molecule has 0 saturated carbocycles. The van der Waals surface area contributed by atoms with Gasteiger partial charge < -0.3 is 15.2 Å². The van der Waals surface area contributed by atoms with Crippen molar-refractivity contribution in [2.45, 2.75) is 13.5 Å². The van der Waals surface area contributed by atoms with Gasteiger partial charge in [0.2, 0.25) is 11.7 Å². The Morgan fingerprint density at radius 3 is 2.30 bits per heavy atom. The zero-order valence-corrected chi connectivity index (χ0v) is 13.0. The quantitative estimate of drug-likeness (QED) is 0.352. The minimum absolute atomic E-state index is 0.0840. The van der Waals surface area contributed by atoms with E-state index in [1.165, 1.54) is 14.0 Å². The monoisotopic (exact) mass is 322 g/mol. The number of rotatable bonds is 6. The summed E-state index contributed by atoms with van der Waals surface area (Å²) in [6.45, 7) is 1.49. The number of ether oxygens (including phenoxy) is 1. The molecule has 23 heavy (non-hydrogen) atoms. The number of nitrogens with zero attached hydrogens (tertiary/aromatic N) is 1. The second kappa shape index (κ2) is 8.54. The molecule has 8 nitrogen and oxygen atoms in total. The van der Waals surface area contributed by atoms with E-state index >= 15 is 0 Å². The SMILES string of the molecule is COC(=O)C(O)=CC(=O)N(Cc1ccc(NC(C)=O)cc1)OC. The molecule has 0 radical (unpaired) electrons. The van der Waals surface area contributed by atoms with Crippen molar-refractivity contribution in [1.82, 2.24) is 5.06 Å². The Balaban J connectivity index is 2.77. The van der Waals surface area contributed by atoms with Crippen LogP contribution in [0.1, 0.15) is 12.5 Å². The topological polar surface area (TPSA) is 105 Å². The fraction of sp³-hybridized carbons (Fsp3) is 0.267. The summed E-state index contributed by atoms with van der Waals surface area (Å²) in [4.78, 5) is 38.9. The fourth-order valence-corrected chi connectivity index (χ4v) is 1.65. The molecule has 124 valence electrons. The lowest BCUT2D eigenvalue weighted by atomic mass is 10.2. The number of hydrogen-bond donors (Lipinski definition) is 2. The highest BCUT2D eigenvalue weighted by molar-refractivity contribution is 5.96. The predicted octanol–water partition coefficient (Wildman–Crippen LogP) is 1.15. The number of hydroxylamine groups is 2. The fourth-order valence-electron chi connectivity index (χ4n) is 1.65. The lowest BCUT2D eigenvalue weighted by Crippen LogP contribution is -2.28. The number of nitrogens with one attached hydrogen (secondary N) is 1. The van der Waals surface area contributed by atoms with Crippen LogP contribution in [0, 0.1) is 0 Å². The number of aliphatic hydroxyl groups is 1. The lowest BCUT2D eigenvalue weighted by molar-refractivity contribution is -0.173. The van der Waals surface area contributed by atoms with Crippen molar-refractivity contribution in [3.8, 4) is 0 Å². The molecule has 0 bridgehead atoms. The molecule has 1 rings (SSSR count). The number of hydrogen-bond acceptors (Lipinski definition) is 6. The van der Waals surface area contributed by atoms with E-state index in [0.717, 1.165) is 17.7 Å². The third-order valence-electron chi connectivity index (χ3n) is 2.72. The van der Waals surface area contributed by atoms with Crippen molar-refractivity contribution >= 4 is 23.5 Å². The van der Waals surface area contributed by atoms with E-state index in [2.05, 4.69) is 10.1 Å². The van der Waals surface area contributed by atoms with Crippen molar-refractivity contribution in [3.05, 3.63) is 41.7 Å². The summed E-state index contributed by atoms with van der Waals surface area (Å²) in [7, 11) is 2.37. The number of aliphatic hydroxyl groups excluding tert-OH is 1. The lowest BCUT2D eigenvalue weighted by Gasteiger charge is -2.18. The van der Waals surface area contributed by atoms with Gasteiger partial charge in [0.05, 0.1) is 26.8 Å². The molecule has 1 aromatic rings. The second-order valence-corrected chi connectivity index (χ2v) is 4.46. The van der Waals surface area contributed by atoms with Crippen molar-refractivity contribution < 1.29 is 29.1 Å². The van der Waals surface area contributed by atoms with Gasteiger partial charge in [-0.15, -0.1) is 0 Å². The zero-order chi connectivity index (χ0) is 17.4. The van der Waals surface area contributed by atoms with Crippen LogP contribution < -0.4 is 5.32 Å². The highest BCUT2D eigenvalue weighted by Gasteiger charge is 2.16. The summed E-state index contributed by atoms with van der Waals surface area (Å²) >= 11 is 0. The molecule has 0 spiro atoms. The second-order valence-electron chi connectivity index (χ2n) is 4.46. The molecule has 0 saturated heterocycles. The van der Waals surface area contributed by atoms with E-state index < -0.39 is 17.6 Å². The molecular formula is C15H18N2O6. The Labute approximate surface area is 133 Å². The molecule has 0 fully saturated rings. The molecule has 0 atom stereocenters. The van der Waals surface area contributed by atoms with Crippen LogP contribution in [0.25, 0.3) is 0 Å². The molecule has 0 aliphatic heterocycles. The molecule has 0 aliphatic rings. The standard InChI is InChI=1S/C15H18N2O6/c1-10(18)16-12-6-4-11(5-7-12)9-17(23-3)14(20)8-13(19)15(21)22-2/h4-8,19H,9H2,1-3H3,(H,16,18). The highest BCUT2D eigenvalue weighted by atomic mass is 16.7.